The summed E-state index contributed by atoms with van der Waals surface area (Å²) in [6, 6.07) is 8.83. The molecule has 0 radical (unpaired) electrons. The van der Waals surface area contributed by atoms with Gasteiger partial charge in [0.25, 0.3) is 0 Å². The molecule has 1 aliphatic carbocycles. The van der Waals surface area contributed by atoms with E-state index in [-0.39, 0.29) is 5.91 Å². The molecule has 0 bridgehead atoms. The Morgan fingerprint density at radius 2 is 2.08 bits per heavy atom. The summed E-state index contributed by atoms with van der Waals surface area (Å²) in [5, 5.41) is 4.21. The minimum Gasteiger partial charge on any atom is -0.353 e. The molecule has 2 aromatic rings. The van der Waals surface area contributed by atoms with Gasteiger partial charge in [-0.1, -0.05) is 31.4 Å². The number of nitrogens with one attached hydrogen (secondary N) is 1. The Bertz CT molecular complexity index is 691. The van der Waals surface area contributed by atoms with Crippen molar-refractivity contribution in [2.24, 2.45) is 0 Å². The molecule has 24 heavy (non-hydrogen) atoms. The van der Waals surface area contributed by atoms with Gasteiger partial charge in [-0.2, -0.15) is 0 Å². The highest BCUT2D eigenvalue weighted by atomic mass is 79.9. The summed E-state index contributed by atoms with van der Waals surface area (Å²) in [7, 11) is 2.18. The number of hydrogen-bond donors (Lipinski definition) is 1. The van der Waals surface area contributed by atoms with Crippen LogP contribution >= 0.6 is 15.9 Å². The van der Waals surface area contributed by atoms with E-state index in [0.29, 0.717) is 19.1 Å². The quantitative estimate of drug-likeness (QED) is 0.813. The van der Waals surface area contributed by atoms with Crippen LogP contribution in [0.4, 0.5) is 0 Å². The molecule has 0 unspecified atom stereocenters. The number of likely N-dealkylation sites (N-methyl/N-ethyl adjacent to an activating group) is 1. The van der Waals surface area contributed by atoms with Crippen LogP contribution in [0.1, 0.15) is 32.1 Å². The Labute approximate surface area is 152 Å². The van der Waals surface area contributed by atoms with Gasteiger partial charge in [0.1, 0.15) is 6.54 Å². The van der Waals surface area contributed by atoms with Gasteiger partial charge < -0.3 is 14.8 Å². The van der Waals surface area contributed by atoms with Crippen molar-refractivity contribution in [3.05, 3.63) is 34.9 Å². The number of halogens is 1. The van der Waals surface area contributed by atoms with Crippen molar-refractivity contribution < 1.29 is 4.79 Å². The Morgan fingerprint density at radius 1 is 1.29 bits per heavy atom. The van der Waals surface area contributed by atoms with E-state index in [0.717, 1.165) is 21.9 Å². The molecule has 4 nitrogen and oxygen atoms in total. The van der Waals surface area contributed by atoms with E-state index in [9.17, 15) is 4.79 Å². The number of nitrogens with zero attached hydrogens (tertiary/aromatic N) is 2. The van der Waals surface area contributed by atoms with Gasteiger partial charge in [-0.05, 0) is 48.0 Å². The van der Waals surface area contributed by atoms with E-state index in [4.69, 9.17) is 0 Å². The number of para-hydroxylation sites is 1. The molecule has 1 saturated carbocycles. The highest BCUT2D eigenvalue weighted by Gasteiger charge is 2.17. The summed E-state index contributed by atoms with van der Waals surface area (Å²) in [6.45, 7) is 2.00. The SMILES string of the molecule is CN(CCNC(=O)Cn1ccc2cccc(Br)c21)C1CCCCC1. The summed E-state index contributed by atoms with van der Waals surface area (Å²) in [6.07, 6.45) is 8.64. The molecule has 3 rings (SSSR count). The van der Waals surface area contributed by atoms with E-state index >= 15 is 0 Å². The van der Waals surface area contributed by atoms with Crippen LogP contribution in [0, 0.1) is 0 Å². The number of benzene rings is 1. The van der Waals surface area contributed by atoms with Crippen molar-refractivity contribution in [2.75, 3.05) is 20.1 Å². The van der Waals surface area contributed by atoms with Crippen LogP contribution in [-0.4, -0.2) is 41.6 Å². The second-order valence-electron chi connectivity index (χ2n) is 6.74. The lowest BCUT2D eigenvalue weighted by Gasteiger charge is -2.31. The fourth-order valence-electron chi connectivity index (χ4n) is 3.63. The molecular weight excluding hydrogens is 366 g/mol. The lowest BCUT2D eigenvalue weighted by molar-refractivity contribution is -0.121. The van der Waals surface area contributed by atoms with Crippen molar-refractivity contribution >= 4 is 32.7 Å². The van der Waals surface area contributed by atoms with Crippen LogP contribution in [0.3, 0.4) is 0 Å². The van der Waals surface area contributed by atoms with E-state index in [1.165, 1.54) is 32.1 Å². The summed E-state index contributed by atoms with van der Waals surface area (Å²) in [5.41, 5.74) is 1.08. The van der Waals surface area contributed by atoms with Gasteiger partial charge in [0.2, 0.25) is 5.91 Å². The van der Waals surface area contributed by atoms with Crippen molar-refractivity contribution in [2.45, 2.75) is 44.7 Å². The topological polar surface area (TPSA) is 37.3 Å². The van der Waals surface area contributed by atoms with Crippen LogP contribution in [0.25, 0.3) is 10.9 Å². The maximum atomic E-state index is 12.3. The summed E-state index contributed by atoms with van der Waals surface area (Å²) in [4.78, 5) is 14.7. The predicted molar refractivity (Wildman–Crippen MR) is 102 cm³/mol. The largest absolute Gasteiger partial charge is 0.353 e. The number of carbonyl (C=O) groups is 1. The molecule has 0 aliphatic heterocycles. The van der Waals surface area contributed by atoms with Gasteiger partial charge in [-0.3, -0.25) is 4.79 Å². The molecule has 1 aromatic carbocycles. The molecule has 1 aliphatic rings. The molecule has 1 N–H and O–H groups in total. The number of rotatable bonds is 6. The lowest BCUT2D eigenvalue weighted by Crippen LogP contribution is -2.40. The van der Waals surface area contributed by atoms with E-state index < -0.39 is 0 Å². The Balaban J connectivity index is 1.48. The Morgan fingerprint density at radius 3 is 2.88 bits per heavy atom. The average Bonchev–Trinajstić information content (AvgIpc) is 3.00. The number of amides is 1. The first-order valence-electron chi connectivity index (χ1n) is 8.85. The number of hydrogen-bond acceptors (Lipinski definition) is 2. The smallest absolute Gasteiger partial charge is 0.239 e. The first-order valence-corrected chi connectivity index (χ1v) is 9.65. The lowest BCUT2D eigenvalue weighted by atomic mass is 9.94. The maximum absolute atomic E-state index is 12.3. The monoisotopic (exact) mass is 391 g/mol. The Hall–Kier alpha value is -1.33. The fraction of sp³-hybridized carbons (Fsp3) is 0.526. The van der Waals surface area contributed by atoms with Gasteiger partial charge in [0.05, 0.1) is 5.52 Å². The van der Waals surface area contributed by atoms with Crippen LogP contribution in [0.15, 0.2) is 34.9 Å². The number of fused-ring (bicyclic) bond motifs is 1. The van der Waals surface area contributed by atoms with Gasteiger partial charge >= 0.3 is 0 Å². The zero-order valence-corrected chi connectivity index (χ0v) is 15.9. The van der Waals surface area contributed by atoms with Crippen LogP contribution in [-0.2, 0) is 11.3 Å². The van der Waals surface area contributed by atoms with E-state index in [1.807, 2.05) is 29.0 Å². The first kappa shape index (κ1) is 17.5. The summed E-state index contributed by atoms with van der Waals surface area (Å²) >= 11 is 3.57. The first-order chi connectivity index (χ1) is 11.6. The highest BCUT2D eigenvalue weighted by Crippen LogP contribution is 2.24. The molecule has 1 fully saturated rings. The zero-order chi connectivity index (χ0) is 16.9. The highest BCUT2D eigenvalue weighted by molar-refractivity contribution is 9.10. The fourth-order valence-corrected chi connectivity index (χ4v) is 4.24. The third kappa shape index (κ3) is 4.19. The van der Waals surface area contributed by atoms with Gasteiger partial charge in [0.15, 0.2) is 0 Å². The van der Waals surface area contributed by atoms with Gasteiger partial charge in [0, 0.05) is 35.2 Å². The summed E-state index contributed by atoms with van der Waals surface area (Å²) < 4.78 is 3.02. The van der Waals surface area contributed by atoms with E-state index in [2.05, 4.69) is 39.3 Å². The third-order valence-corrected chi connectivity index (χ3v) is 5.68. The number of aromatic nitrogens is 1. The third-order valence-electron chi connectivity index (χ3n) is 5.04. The average molecular weight is 392 g/mol. The second kappa shape index (κ2) is 8.17. The van der Waals surface area contributed by atoms with Crippen LogP contribution < -0.4 is 5.32 Å². The molecular formula is C19H26BrN3O. The minimum absolute atomic E-state index is 0.0697. The summed E-state index contributed by atoms with van der Waals surface area (Å²) in [5.74, 6) is 0.0697. The molecule has 1 aromatic heterocycles. The molecule has 130 valence electrons. The molecule has 0 saturated heterocycles. The molecule has 5 heteroatoms. The standard InChI is InChI=1S/C19H26BrN3O/c1-22(16-7-3-2-4-8-16)13-11-21-18(24)14-23-12-10-15-6-5-9-17(20)19(15)23/h5-6,9-10,12,16H,2-4,7-8,11,13-14H2,1H3,(H,21,24). The molecule has 0 atom stereocenters. The molecule has 1 amide bonds. The van der Waals surface area contributed by atoms with Crippen molar-refractivity contribution in [1.29, 1.82) is 0 Å². The Kier molecular flexibility index (Phi) is 5.95. The number of carbonyl (C=O) groups excluding carboxylic acids is 1. The van der Waals surface area contributed by atoms with Crippen molar-refractivity contribution in [3.8, 4) is 0 Å². The minimum atomic E-state index is 0.0697. The second-order valence-corrected chi connectivity index (χ2v) is 7.60. The molecule has 0 spiro atoms. The zero-order valence-electron chi connectivity index (χ0n) is 14.3. The van der Waals surface area contributed by atoms with Crippen LogP contribution in [0.5, 0.6) is 0 Å². The predicted octanol–water partition coefficient (Wildman–Crippen LogP) is 3.78. The van der Waals surface area contributed by atoms with Crippen molar-refractivity contribution in [1.82, 2.24) is 14.8 Å². The molecule has 1 heterocycles. The van der Waals surface area contributed by atoms with E-state index in [1.54, 1.807) is 0 Å². The van der Waals surface area contributed by atoms with Gasteiger partial charge in [-0.25, -0.2) is 0 Å². The normalized spacial score (nSPS) is 16.0. The van der Waals surface area contributed by atoms with Crippen LogP contribution in [0.2, 0.25) is 0 Å². The van der Waals surface area contributed by atoms with Gasteiger partial charge in [-0.15, -0.1) is 0 Å². The maximum Gasteiger partial charge on any atom is 0.239 e. The van der Waals surface area contributed by atoms with Crippen molar-refractivity contribution in [3.63, 3.8) is 0 Å².